The van der Waals surface area contributed by atoms with E-state index in [-0.39, 0.29) is 9.21 Å². The van der Waals surface area contributed by atoms with Gasteiger partial charge in [0.1, 0.15) is 4.21 Å². The van der Waals surface area contributed by atoms with Gasteiger partial charge in [-0.2, -0.15) is 0 Å². The van der Waals surface area contributed by atoms with E-state index in [2.05, 4.69) is 9.71 Å². The average molecular weight is 299 g/mol. The fourth-order valence-electron chi connectivity index (χ4n) is 1.34. The number of sulfonamides is 1. The van der Waals surface area contributed by atoms with Crippen LogP contribution in [0, 0.1) is 17.0 Å². The van der Waals surface area contributed by atoms with Gasteiger partial charge in [0, 0.05) is 18.5 Å². The molecule has 9 heteroatoms. The number of nitrogens with zero attached hydrogens (tertiary/aromatic N) is 2. The Bertz CT molecular complexity index is 724. The second-order valence-electron chi connectivity index (χ2n) is 3.65. The van der Waals surface area contributed by atoms with E-state index < -0.39 is 14.9 Å². The minimum absolute atomic E-state index is 0.101. The number of anilines is 1. The molecule has 7 nitrogen and oxygen atoms in total. The van der Waals surface area contributed by atoms with Crippen LogP contribution in [-0.2, 0) is 10.0 Å². The highest BCUT2D eigenvalue weighted by atomic mass is 32.2. The fraction of sp³-hybridized carbons (Fsp3) is 0.100. The van der Waals surface area contributed by atoms with Gasteiger partial charge >= 0.3 is 5.00 Å². The number of hydrogen-bond donors (Lipinski definition) is 1. The zero-order valence-corrected chi connectivity index (χ0v) is 11.4. The Hall–Kier alpha value is -2.00. The highest BCUT2D eigenvalue weighted by Crippen LogP contribution is 2.29. The number of hydrogen-bond acceptors (Lipinski definition) is 6. The second-order valence-corrected chi connectivity index (χ2v) is 6.62. The molecule has 0 aliphatic carbocycles. The van der Waals surface area contributed by atoms with Crippen molar-refractivity contribution in [3.05, 3.63) is 46.3 Å². The second kappa shape index (κ2) is 4.94. The van der Waals surface area contributed by atoms with Gasteiger partial charge in [0.05, 0.1) is 10.6 Å². The predicted molar refractivity (Wildman–Crippen MR) is 70.8 cm³/mol. The number of nitrogens with one attached hydrogen (secondary N) is 1. The summed E-state index contributed by atoms with van der Waals surface area (Å²) in [6, 6.07) is 3.90. The minimum atomic E-state index is -3.81. The highest BCUT2D eigenvalue weighted by Gasteiger charge is 2.21. The van der Waals surface area contributed by atoms with Gasteiger partial charge in [-0.05, 0) is 36.0 Å². The first-order valence-electron chi connectivity index (χ1n) is 5.08. The summed E-state index contributed by atoms with van der Waals surface area (Å²) in [5.74, 6) is 0. The molecule has 0 saturated heterocycles. The summed E-state index contributed by atoms with van der Waals surface area (Å²) in [7, 11) is -3.81. The van der Waals surface area contributed by atoms with E-state index >= 15 is 0 Å². The molecule has 0 fully saturated rings. The Kier molecular flexibility index (Phi) is 3.49. The number of aromatic nitrogens is 1. The van der Waals surface area contributed by atoms with E-state index in [1.807, 2.05) is 0 Å². The lowest BCUT2D eigenvalue weighted by molar-refractivity contribution is -0.380. The quantitative estimate of drug-likeness (QED) is 0.688. The molecule has 0 aliphatic rings. The Morgan fingerprint density at radius 1 is 1.37 bits per heavy atom. The zero-order chi connectivity index (χ0) is 14.0. The van der Waals surface area contributed by atoms with Crippen molar-refractivity contribution in [1.82, 2.24) is 4.98 Å². The Morgan fingerprint density at radius 2 is 2.11 bits per heavy atom. The number of rotatable bonds is 4. The first-order chi connectivity index (χ1) is 8.90. The third kappa shape index (κ3) is 2.88. The van der Waals surface area contributed by atoms with Crippen molar-refractivity contribution in [2.45, 2.75) is 11.1 Å². The topological polar surface area (TPSA) is 102 Å². The van der Waals surface area contributed by atoms with E-state index in [0.29, 0.717) is 22.6 Å². The first-order valence-corrected chi connectivity index (χ1v) is 7.38. The van der Waals surface area contributed by atoms with Crippen molar-refractivity contribution in [2.75, 3.05) is 4.72 Å². The van der Waals surface area contributed by atoms with Crippen molar-refractivity contribution >= 4 is 32.0 Å². The maximum Gasteiger partial charge on any atom is 0.325 e. The molecule has 2 aromatic rings. The van der Waals surface area contributed by atoms with Crippen LogP contribution in [0.25, 0.3) is 0 Å². The highest BCUT2D eigenvalue weighted by molar-refractivity contribution is 7.94. The molecule has 19 heavy (non-hydrogen) atoms. The van der Waals surface area contributed by atoms with E-state index in [0.717, 1.165) is 0 Å². The van der Waals surface area contributed by atoms with Gasteiger partial charge in [0.2, 0.25) is 0 Å². The lowest BCUT2D eigenvalue weighted by Gasteiger charge is -2.07. The van der Waals surface area contributed by atoms with Crippen LogP contribution in [0.3, 0.4) is 0 Å². The van der Waals surface area contributed by atoms with E-state index in [9.17, 15) is 18.5 Å². The third-order valence-electron chi connectivity index (χ3n) is 2.28. The summed E-state index contributed by atoms with van der Waals surface area (Å²) >= 11 is 0.608. The number of aryl methyl sites for hydroxylation is 1. The summed E-state index contributed by atoms with van der Waals surface area (Å²) in [6.07, 6.45) is 2.98. The summed E-state index contributed by atoms with van der Waals surface area (Å²) in [6.45, 7) is 1.71. The van der Waals surface area contributed by atoms with Crippen LogP contribution in [-0.4, -0.2) is 18.3 Å². The Labute approximate surface area is 113 Å². The van der Waals surface area contributed by atoms with Crippen molar-refractivity contribution in [3.8, 4) is 0 Å². The van der Waals surface area contributed by atoms with Crippen molar-refractivity contribution in [1.29, 1.82) is 0 Å². The molecule has 2 heterocycles. The molecule has 2 aromatic heterocycles. The Morgan fingerprint density at radius 3 is 2.68 bits per heavy atom. The largest absolute Gasteiger partial charge is 0.325 e. The van der Waals surface area contributed by atoms with Crippen LogP contribution in [0.2, 0.25) is 0 Å². The lowest BCUT2D eigenvalue weighted by Crippen LogP contribution is -2.12. The monoisotopic (exact) mass is 299 g/mol. The van der Waals surface area contributed by atoms with Gasteiger partial charge in [-0.15, -0.1) is 0 Å². The maximum absolute atomic E-state index is 12.0. The van der Waals surface area contributed by atoms with Crippen molar-refractivity contribution < 1.29 is 13.3 Å². The smallest absolute Gasteiger partial charge is 0.279 e. The zero-order valence-electron chi connectivity index (χ0n) is 9.73. The van der Waals surface area contributed by atoms with Crippen LogP contribution in [0.5, 0.6) is 0 Å². The molecule has 0 radical (unpaired) electrons. The van der Waals surface area contributed by atoms with Gasteiger partial charge in [-0.3, -0.25) is 19.8 Å². The molecule has 0 unspecified atom stereocenters. The molecular formula is C10H9N3O4S2. The van der Waals surface area contributed by atoms with Crippen LogP contribution >= 0.6 is 11.3 Å². The predicted octanol–water partition coefficient (Wildman–Crippen LogP) is 2.16. The molecule has 0 aliphatic heterocycles. The molecule has 100 valence electrons. The third-order valence-corrected chi connectivity index (χ3v) is 5.17. The van der Waals surface area contributed by atoms with Crippen molar-refractivity contribution in [2.24, 2.45) is 0 Å². The molecular weight excluding hydrogens is 290 g/mol. The molecule has 0 aromatic carbocycles. The average Bonchev–Trinajstić information content (AvgIpc) is 2.82. The van der Waals surface area contributed by atoms with Gasteiger partial charge in [0.25, 0.3) is 10.0 Å². The number of nitro groups is 1. The maximum atomic E-state index is 12.0. The van der Waals surface area contributed by atoms with Crippen LogP contribution in [0.4, 0.5) is 10.7 Å². The molecule has 2 rings (SSSR count). The fourth-order valence-corrected chi connectivity index (χ4v) is 3.58. The molecule has 0 atom stereocenters. The number of pyridine rings is 1. The normalized spacial score (nSPS) is 11.2. The standard InChI is InChI=1S/C10H9N3O4S2/c1-7-6-11-5-4-8(7)12-19(16,17)10-3-2-9(18-10)13(14)15/h2-6H,1H3,(H,11,12). The first kappa shape index (κ1) is 13.4. The van der Waals surface area contributed by atoms with E-state index in [4.69, 9.17) is 0 Å². The van der Waals surface area contributed by atoms with Crippen LogP contribution in [0.1, 0.15) is 5.56 Å². The van der Waals surface area contributed by atoms with E-state index in [1.165, 1.54) is 30.6 Å². The molecule has 0 amide bonds. The van der Waals surface area contributed by atoms with Crippen LogP contribution < -0.4 is 4.72 Å². The van der Waals surface area contributed by atoms with Gasteiger partial charge in [-0.1, -0.05) is 0 Å². The molecule has 0 bridgehead atoms. The summed E-state index contributed by atoms with van der Waals surface area (Å²) in [5.41, 5.74) is 1.06. The minimum Gasteiger partial charge on any atom is -0.279 e. The van der Waals surface area contributed by atoms with E-state index in [1.54, 1.807) is 6.92 Å². The van der Waals surface area contributed by atoms with Crippen molar-refractivity contribution in [3.63, 3.8) is 0 Å². The summed E-state index contributed by atoms with van der Waals surface area (Å²) in [4.78, 5) is 13.8. The summed E-state index contributed by atoms with van der Waals surface area (Å²) < 4.78 is 26.4. The lowest BCUT2D eigenvalue weighted by atomic mass is 10.3. The Balaban J connectivity index is 2.32. The van der Waals surface area contributed by atoms with Gasteiger partial charge < -0.3 is 0 Å². The molecule has 0 saturated carbocycles. The van der Waals surface area contributed by atoms with Gasteiger partial charge in [-0.25, -0.2) is 8.42 Å². The van der Waals surface area contributed by atoms with Gasteiger partial charge in [0.15, 0.2) is 0 Å². The number of thiophene rings is 1. The SMILES string of the molecule is Cc1cnccc1NS(=O)(=O)c1ccc([N+](=O)[O-])s1. The molecule has 1 N–H and O–H groups in total. The summed E-state index contributed by atoms with van der Waals surface area (Å²) in [5, 5.41) is 10.3. The van der Waals surface area contributed by atoms with Crippen LogP contribution in [0.15, 0.2) is 34.8 Å². The molecule has 0 spiro atoms.